The average Bonchev–Trinajstić information content (AvgIpc) is 2.63. The molecule has 0 aromatic carbocycles. The number of hydrogen-bond donors (Lipinski definition) is 1. The molecule has 1 aliphatic rings. The molecule has 1 N–H and O–H groups in total. The van der Waals surface area contributed by atoms with E-state index >= 15 is 0 Å². The summed E-state index contributed by atoms with van der Waals surface area (Å²) in [6.45, 7) is 5.88. The van der Waals surface area contributed by atoms with Gasteiger partial charge >= 0.3 is 0 Å². The van der Waals surface area contributed by atoms with Crippen LogP contribution in [0.1, 0.15) is 26.7 Å². The fourth-order valence-corrected chi connectivity index (χ4v) is 1.71. The average molecular weight is 141 g/mol. The summed E-state index contributed by atoms with van der Waals surface area (Å²) >= 11 is 0. The minimum absolute atomic E-state index is 0.861. The van der Waals surface area contributed by atoms with Crippen LogP contribution in [0.2, 0.25) is 0 Å². The van der Waals surface area contributed by atoms with Gasteiger partial charge in [-0.2, -0.15) is 0 Å². The van der Waals surface area contributed by atoms with Crippen LogP contribution in [-0.4, -0.2) is 13.6 Å². The molecule has 0 saturated heterocycles. The third-order valence-corrected chi connectivity index (χ3v) is 2.52. The molecule has 1 aliphatic carbocycles. The molecular weight excluding hydrogens is 122 g/mol. The summed E-state index contributed by atoms with van der Waals surface area (Å²) in [5.41, 5.74) is 0. The molecule has 0 radical (unpaired) electrons. The van der Waals surface area contributed by atoms with E-state index in [2.05, 4.69) is 26.2 Å². The van der Waals surface area contributed by atoms with Gasteiger partial charge in [-0.25, -0.2) is 0 Å². The van der Waals surface area contributed by atoms with Crippen LogP contribution in [0.15, 0.2) is 0 Å². The summed E-state index contributed by atoms with van der Waals surface area (Å²) in [6.07, 6.45) is 2.95. The number of rotatable bonds is 4. The predicted octanol–water partition coefficient (Wildman–Crippen LogP) is 1.89. The van der Waals surface area contributed by atoms with E-state index in [1.807, 2.05) is 0 Å². The molecule has 1 nitrogen and oxygen atoms in total. The molecule has 60 valence electrons. The van der Waals surface area contributed by atoms with E-state index < -0.39 is 0 Å². The Bertz CT molecular complexity index is 92.9. The van der Waals surface area contributed by atoms with Crippen molar-refractivity contribution in [3.05, 3.63) is 0 Å². The highest BCUT2D eigenvalue weighted by Crippen LogP contribution is 2.39. The topological polar surface area (TPSA) is 12.0 Å². The Morgan fingerprint density at radius 3 is 2.30 bits per heavy atom. The Morgan fingerprint density at radius 2 is 2.00 bits per heavy atom. The molecule has 1 atom stereocenters. The van der Waals surface area contributed by atoms with Crippen molar-refractivity contribution in [3.63, 3.8) is 0 Å². The second kappa shape index (κ2) is 3.38. The summed E-state index contributed by atoms with van der Waals surface area (Å²) < 4.78 is 0. The van der Waals surface area contributed by atoms with E-state index in [-0.39, 0.29) is 0 Å². The second-order valence-electron chi connectivity index (χ2n) is 3.80. The fourth-order valence-electron chi connectivity index (χ4n) is 1.71. The molecule has 1 saturated carbocycles. The van der Waals surface area contributed by atoms with Crippen LogP contribution >= 0.6 is 0 Å². The van der Waals surface area contributed by atoms with Crippen LogP contribution in [0.4, 0.5) is 0 Å². The van der Waals surface area contributed by atoms with Crippen molar-refractivity contribution in [2.24, 2.45) is 17.8 Å². The minimum Gasteiger partial charge on any atom is -0.319 e. The van der Waals surface area contributed by atoms with Gasteiger partial charge in [0.15, 0.2) is 0 Å². The first-order valence-corrected chi connectivity index (χ1v) is 4.40. The molecule has 0 amide bonds. The van der Waals surface area contributed by atoms with Crippen molar-refractivity contribution in [1.82, 2.24) is 5.32 Å². The molecule has 0 spiro atoms. The molecular formula is C9H19N. The quantitative estimate of drug-likeness (QED) is 0.630. The SMILES string of the molecule is CNCC(C(C)C)C1CC1. The first-order chi connectivity index (χ1) is 4.75. The van der Waals surface area contributed by atoms with Crippen molar-refractivity contribution in [2.45, 2.75) is 26.7 Å². The van der Waals surface area contributed by atoms with E-state index in [0.717, 1.165) is 17.8 Å². The van der Waals surface area contributed by atoms with Gasteiger partial charge in [-0.3, -0.25) is 0 Å². The third-order valence-electron chi connectivity index (χ3n) is 2.52. The monoisotopic (exact) mass is 141 g/mol. The van der Waals surface area contributed by atoms with Gasteiger partial charge in [-0.15, -0.1) is 0 Å². The lowest BCUT2D eigenvalue weighted by atomic mass is 9.91. The maximum absolute atomic E-state index is 3.27. The lowest BCUT2D eigenvalue weighted by Gasteiger charge is -2.19. The number of nitrogens with one attached hydrogen (secondary N) is 1. The van der Waals surface area contributed by atoms with Gasteiger partial charge in [-0.1, -0.05) is 13.8 Å². The van der Waals surface area contributed by atoms with Crippen molar-refractivity contribution in [3.8, 4) is 0 Å². The van der Waals surface area contributed by atoms with E-state index in [1.54, 1.807) is 0 Å². The van der Waals surface area contributed by atoms with Crippen LogP contribution in [0.5, 0.6) is 0 Å². The molecule has 10 heavy (non-hydrogen) atoms. The zero-order valence-corrected chi connectivity index (χ0v) is 7.35. The molecule has 1 heteroatoms. The normalized spacial score (nSPS) is 21.6. The summed E-state index contributed by atoms with van der Waals surface area (Å²) in [5.74, 6) is 2.84. The zero-order valence-electron chi connectivity index (χ0n) is 7.35. The van der Waals surface area contributed by atoms with Gasteiger partial charge in [0, 0.05) is 0 Å². The van der Waals surface area contributed by atoms with Gasteiger partial charge in [0.2, 0.25) is 0 Å². The van der Waals surface area contributed by atoms with E-state index in [0.29, 0.717) is 0 Å². The Kier molecular flexibility index (Phi) is 2.72. The molecule has 0 aromatic rings. The second-order valence-corrected chi connectivity index (χ2v) is 3.80. The smallest absolute Gasteiger partial charge is 0.00184 e. The highest BCUT2D eigenvalue weighted by Gasteiger charge is 2.32. The Morgan fingerprint density at radius 1 is 1.40 bits per heavy atom. The summed E-state index contributed by atoms with van der Waals surface area (Å²) in [6, 6.07) is 0. The van der Waals surface area contributed by atoms with Crippen LogP contribution < -0.4 is 5.32 Å². The van der Waals surface area contributed by atoms with Gasteiger partial charge in [0.1, 0.15) is 0 Å². The van der Waals surface area contributed by atoms with Crippen LogP contribution in [0, 0.1) is 17.8 Å². The van der Waals surface area contributed by atoms with Gasteiger partial charge in [0.25, 0.3) is 0 Å². The minimum atomic E-state index is 0.861. The maximum Gasteiger partial charge on any atom is -0.00184 e. The molecule has 0 aliphatic heterocycles. The Hall–Kier alpha value is -0.0400. The van der Waals surface area contributed by atoms with E-state index in [1.165, 1.54) is 19.4 Å². The Labute approximate surface area is 64.2 Å². The van der Waals surface area contributed by atoms with E-state index in [4.69, 9.17) is 0 Å². The zero-order chi connectivity index (χ0) is 7.56. The van der Waals surface area contributed by atoms with Crippen molar-refractivity contribution >= 4 is 0 Å². The van der Waals surface area contributed by atoms with Gasteiger partial charge in [0.05, 0.1) is 0 Å². The molecule has 1 fully saturated rings. The Balaban J connectivity index is 2.26. The van der Waals surface area contributed by atoms with E-state index in [9.17, 15) is 0 Å². The van der Waals surface area contributed by atoms with Crippen LogP contribution in [-0.2, 0) is 0 Å². The molecule has 1 rings (SSSR count). The summed E-state index contributed by atoms with van der Waals surface area (Å²) in [5, 5.41) is 3.27. The lowest BCUT2D eigenvalue weighted by molar-refractivity contribution is 0.331. The van der Waals surface area contributed by atoms with Crippen LogP contribution in [0.3, 0.4) is 0 Å². The van der Waals surface area contributed by atoms with Crippen LogP contribution in [0.25, 0.3) is 0 Å². The highest BCUT2D eigenvalue weighted by atomic mass is 14.8. The summed E-state index contributed by atoms with van der Waals surface area (Å²) in [7, 11) is 2.05. The largest absolute Gasteiger partial charge is 0.319 e. The van der Waals surface area contributed by atoms with Gasteiger partial charge < -0.3 is 5.32 Å². The summed E-state index contributed by atoms with van der Waals surface area (Å²) in [4.78, 5) is 0. The molecule has 0 aromatic heterocycles. The fraction of sp³-hybridized carbons (Fsp3) is 1.00. The third kappa shape index (κ3) is 1.98. The van der Waals surface area contributed by atoms with Crippen molar-refractivity contribution in [1.29, 1.82) is 0 Å². The molecule has 0 bridgehead atoms. The highest BCUT2D eigenvalue weighted by molar-refractivity contribution is 4.83. The standard InChI is InChI=1S/C9H19N/c1-7(2)9(6-10-3)8-4-5-8/h7-10H,4-6H2,1-3H3. The lowest BCUT2D eigenvalue weighted by Crippen LogP contribution is -2.24. The van der Waals surface area contributed by atoms with Gasteiger partial charge in [-0.05, 0) is 44.2 Å². The first-order valence-electron chi connectivity index (χ1n) is 4.40. The number of hydrogen-bond acceptors (Lipinski definition) is 1. The molecule has 1 unspecified atom stereocenters. The van der Waals surface area contributed by atoms with Crippen molar-refractivity contribution < 1.29 is 0 Å². The first kappa shape index (κ1) is 8.06. The maximum atomic E-state index is 3.27. The molecule has 0 heterocycles. The van der Waals surface area contributed by atoms with Crippen molar-refractivity contribution in [2.75, 3.05) is 13.6 Å². The predicted molar refractivity (Wildman–Crippen MR) is 45.0 cm³/mol.